The number of piperazine rings is 1. The third-order valence-electron chi connectivity index (χ3n) is 8.39. The normalized spacial score (nSPS) is 17.2. The number of aryl methyl sites for hydroxylation is 1. The van der Waals surface area contributed by atoms with Gasteiger partial charge in [0.1, 0.15) is 5.76 Å². The number of ether oxygens (including phenoxy) is 4. The van der Waals surface area contributed by atoms with Crippen molar-refractivity contribution in [1.82, 2.24) is 14.7 Å². The summed E-state index contributed by atoms with van der Waals surface area (Å²) < 4.78 is 21.2. The van der Waals surface area contributed by atoms with E-state index in [-0.39, 0.29) is 29.7 Å². The Bertz CT molecular complexity index is 1410. The molecule has 2 aromatic rings. The molecule has 0 aromatic heterocycles. The van der Waals surface area contributed by atoms with Crippen LogP contribution in [0, 0.1) is 0 Å². The summed E-state index contributed by atoms with van der Waals surface area (Å²) in [5.74, 6) is 1.73. The van der Waals surface area contributed by atoms with Crippen molar-refractivity contribution in [1.29, 1.82) is 0 Å². The molecule has 0 unspecified atom stereocenters. The number of hydrogen-bond acceptors (Lipinski definition) is 8. The molecule has 0 spiro atoms. The largest absolute Gasteiger partial charge is 0.504 e. The van der Waals surface area contributed by atoms with E-state index in [1.165, 1.54) is 5.56 Å². The average Bonchev–Trinajstić information content (AvgIpc) is 3.57. The van der Waals surface area contributed by atoms with Crippen LogP contribution in [0.2, 0.25) is 0 Å². The lowest BCUT2D eigenvalue weighted by atomic mass is 9.93. The predicted molar refractivity (Wildman–Crippen MR) is 156 cm³/mol. The lowest BCUT2D eigenvalue weighted by Crippen LogP contribution is -2.51. The predicted octanol–water partition coefficient (Wildman–Crippen LogP) is 4.77. The van der Waals surface area contributed by atoms with Gasteiger partial charge in [0.2, 0.25) is 0 Å². The lowest BCUT2D eigenvalue weighted by molar-refractivity contribution is 0.0549. The number of benzene rings is 2. The van der Waals surface area contributed by atoms with Crippen LogP contribution in [0.3, 0.4) is 0 Å². The summed E-state index contributed by atoms with van der Waals surface area (Å²) in [6.45, 7) is 12.9. The monoisotopic (exact) mass is 577 g/mol. The number of allylic oxidation sites excluding steroid dienone is 1. The Morgan fingerprint density at radius 2 is 1.79 bits per heavy atom. The van der Waals surface area contributed by atoms with Crippen LogP contribution in [-0.2, 0) is 33.7 Å². The van der Waals surface area contributed by atoms with Gasteiger partial charge in [-0.1, -0.05) is 18.2 Å². The van der Waals surface area contributed by atoms with Gasteiger partial charge in [-0.3, -0.25) is 9.69 Å². The SMILES string of the molecule is C=C1OC(C)=C(COC(=O)N2CCN(C(=O)c3cccc4c3CN(C(C)(C)CCc3ccc(O)c(OC)c3)C4)CC2)O1. The highest BCUT2D eigenvalue weighted by Crippen LogP contribution is 2.35. The molecule has 2 amide bonds. The highest BCUT2D eigenvalue weighted by atomic mass is 16.7. The van der Waals surface area contributed by atoms with E-state index >= 15 is 0 Å². The second kappa shape index (κ2) is 12.0. The van der Waals surface area contributed by atoms with Crippen LogP contribution in [-0.4, -0.2) is 77.2 Å². The van der Waals surface area contributed by atoms with E-state index in [0.29, 0.717) is 50.0 Å². The van der Waals surface area contributed by atoms with Crippen LogP contribution in [0.5, 0.6) is 11.5 Å². The fourth-order valence-electron chi connectivity index (χ4n) is 5.61. The van der Waals surface area contributed by atoms with Gasteiger partial charge in [-0.15, -0.1) is 0 Å². The molecule has 0 radical (unpaired) electrons. The van der Waals surface area contributed by atoms with E-state index < -0.39 is 6.09 Å². The van der Waals surface area contributed by atoms with Gasteiger partial charge < -0.3 is 33.9 Å². The summed E-state index contributed by atoms with van der Waals surface area (Å²) in [5.41, 5.74) is 3.97. The molecule has 3 aliphatic heterocycles. The van der Waals surface area contributed by atoms with Crippen LogP contribution in [0.25, 0.3) is 0 Å². The first-order chi connectivity index (χ1) is 20.1. The fourth-order valence-corrected chi connectivity index (χ4v) is 5.61. The molecule has 3 heterocycles. The minimum atomic E-state index is -0.451. The number of carbonyl (C=O) groups excluding carboxylic acids is 2. The molecule has 0 bridgehead atoms. The molecule has 42 heavy (non-hydrogen) atoms. The second-order valence-corrected chi connectivity index (χ2v) is 11.5. The number of methoxy groups -OCH3 is 1. The van der Waals surface area contributed by atoms with E-state index in [9.17, 15) is 14.7 Å². The molecule has 2 aromatic carbocycles. The van der Waals surface area contributed by atoms with Crippen molar-refractivity contribution in [3.63, 3.8) is 0 Å². The zero-order chi connectivity index (χ0) is 30.0. The summed E-state index contributed by atoms with van der Waals surface area (Å²) in [6.07, 6.45) is 1.29. The van der Waals surface area contributed by atoms with Gasteiger partial charge in [0.05, 0.1) is 7.11 Å². The number of phenolic OH excluding ortho intramolecular Hbond substituents is 1. The number of carbonyl (C=O) groups is 2. The van der Waals surface area contributed by atoms with Crippen LogP contribution in [0.1, 0.15) is 54.2 Å². The molecular weight excluding hydrogens is 538 g/mol. The van der Waals surface area contributed by atoms with Crippen molar-refractivity contribution in [2.75, 3.05) is 39.9 Å². The Balaban J connectivity index is 1.16. The number of nitrogens with zero attached hydrogens (tertiary/aromatic N) is 3. The first kappa shape index (κ1) is 29.3. The Morgan fingerprint density at radius 3 is 2.48 bits per heavy atom. The van der Waals surface area contributed by atoms with Crippen LogP contribution in [0.4, 0.5) is 4.79 Å². The Hall–Kier alpha value is -4.18. The number of rotatable bonds is 8. The maximum Gasteiger partial charge on any atom is 0.410 e. The molecule has 1 N–H and O–H groups in total. The minimum Gasteiger partial charge on any atom is -0.504 e. The van der Waals surface area contributed by atoms with Gasteiger partial charge in [0.15, 0.2) is 23.9 Å². The summed E-state index contributed by atoms with van der Waals surface area (Å²) in [4.78, 5) is 32.1. The van der Waals surface area contributed by atoms with E-state index in [1.807, 2.05) is 29.2 Å². The summed E-state index contributed by atoms with van der Waals surface area (Å²) in [5, 5.41) is 9.91. The molecule has 0 saturated carbocycles. The molecule has 10 heteroatoms. The zero-order valence-electron chi connectivity index (χ0n) is 24.8. The van der Waals surface area contributed by atoms with E-state index in [2.05, 4.69) is 31.4 Å². The van der Waals surface area contributed by atoms with Gasteiger partial charge in [0.25, 0.3) is 11.9 Å². The van der Waals surface area contributed by atoms with E-state index in [0.717, 1.165) is 36.1 Å². The van der Waals surface area contributed by atoms with Crippen LogP contribution < -0.4 is 4.74 Å². The maximum absolute atomic E-state index is 13.7. The first-order valence-corrected chi connectivity index (χ1v) is 14.2. The molecule has 0 aliphatic carbocycles. The molecular formula is C32H39N3O7. The van der Waals surface area contributed by atoms with E-state index in [1.54, 1.807) is 25.0 Å². The molecule has 3 aliphatic rings. The molecule has 0 atom stereocenters. The summed E-state index contributed by atoms with van der Waals surface area (Å²) in [6, 6.07) is 11.5. The standard InChI is InChI=1S/C32H39N3O7/c1-21-29(42-22(2)41-21)20-40-31(38)34-15-13-33(14-16-34)30(37)25-8-6-7-24-18-35(19-26(24)25)32(3,4)12-11-23-9-10-27(36)28(17-23)39-5/h6-10,17,36H,2,11-16,18-20H2,1,3-5H3. The molecule has 1 saturated heterocycles. The van der Waals surface area contributed by atoms with Gasteiger partial charge in [-0.05, 0) is 75.1 Å². The minimum absolute atomic E-state index is 0.00786. The quantitative estimate of drug-likeness (QED) is 0.479. The number of phenols is 1. The molecule has 224 valence electrons. The van der Waals surface area contributed by atoms with Crippen molar-refractivity contribution in [2.24, 2.45) is 0 Å². The fraction of sp³-hybridized carbons (Fsp3) is 0.438. The van der Waals surface area contributed by atoms with Gasteiger partial charge in [-0.25, -0.2) is 4.79 Å². The zero-order valence-corrected chi connectivity index (χ0v) is 24.8. The molecule has 10 nitrogen and oxygen atoms in total. The van der Waals surface area contributed by atoms with Crippen molar-refractivity contribution in [3.8, 4) is 11.5 Å². The van der Waals surface area contributed by atoms with Crippen molar-refractivity contribution < 1.29 is 33.6 Å². The van der Waals surface area contributed by atoms with Gasteiger partial charge in [0, 0.05) is 50.4 Å². The lowest BCUT2D eigenvalue weighted by Gasteiger charge is -2.36. The van der Waals surface area contributed by atoms with E-state index in [4.69, 9.17) is 18.9 Å². The second-order valence-electron chi connectivity index (χ2n) is 11.5. The number of hydrogen-bond donors (Lipinski definition) is 1. The van der Waals surface area contributed by atoms with Crippen LogP contribution in [0.15, 0.2) is 60.4 Å². The smallest absolute Gasteiger partial charge is 0.410 e. The third-order valence-corrected chi connectivity index (χ3v) is 8.39. The highest BCUT2D eigenvalue weighted by molar-refractivity contribution is 5.96. The first-order valence-electron chi connectivity index (χ1n) is 14.2. The number of amides is 2. The van der Waals surface area contributed by atoms with Crippen LogP contribution >= 0.6 is 0 Å². The topological polar surface area (TPSA) is 101 Å². The van der Waals surface area contributed by atoms with Crippen molar-refractivity contribution >= 4 is 12.0 Å². The third kappa shape index (κ3) is 6.18. The summed E-state index contributed by atoms with van der Waals surface area (Å²) in [7, 11) is 1.55. The van der Waals surface area contributed by atoms with Crippen molar-refractivity contribution in [3.05, 3.63) is 82.7 Å². The maximum atomic E-state index is 13.7. The highest BCUT2D eigenvalue weighted by Gasteiger charge is 2.35. The Morgan fingerprint density at radius 1 is 1.05 bits per heavy atom. The Labute approximate surface area is 246 Å². The average molecular weight is 578 g/mol. The van der Waals surface area contributed by atoms with Gasteiger partial charge in [-0.2, -0.15) is 0 Å². The number of aromatic hydroxyl groups is 1. The number of fused-ring (bicyclic) bond motifs is 1. The van der Waals surface area contributed by atoms with Crippen molar-refractivity contribution in [2.45, 2.75) is 52.2 Å². The molecule has 1 fully saturated rings. The molecule has 5 rings (SSSR count). The Kier molecular flexibility index (Phi) is 8.36. The van der Waals surface area contributed by atoms with Gasteiger partial charge >= 0.3 is 6.09 Å². The summed E-state index contributed by atoms with van der Waals surface area (Å²) >= 11 is 0.